The number of fused-ring (bicyclic) bond motifs is 1. The summed E-state index contributed by atoms with van der Waals surface area (Å²) in [6.45, 7) is 2.68. The zero-order valence-electron chi connectivity index (χ0n) is 20.0. The van der Waals surface area contributed by atoms with Gasteiger partial charge in [-0.3, -0.25) is 9.59 Å². The lowest BCUT2D eigenvalue weighted by Crippen LogP contribution is -2.46. The number of benzene rings is 3. The van der Waals surface area contributed by atoms with Crippen LogP contribution in [0, 0.1) is 0 Å². The molecule has 190 valence electrons. The molecule has 6 nitrogen and oxygen atoms in total. The molecule has 5 rings (SSSR count). The number of carbonyl (C=O) groups is 2. The van der Waals surface area contributed by atoms with Gasteiger partial charge >= 0.3 is 6.18 Å². The molecule has 0 aliphatic carbocycles. The predicted molar refractivity (Wildman–Crippen MR) is 134 cm³/mol. The lowest BCUT2D eigenvalue weighted by atomic mass is 9.93. The molecule has 1 saturated heterocycles. The molecule has 0 N–H and O–H groups in total. The van der Waals surface area contributed by atoms with E-state index in [0.29, 0.717) is 31.7 Å². The maximum absolute atomic E-state index is 13.6. The number of halogens is 3. The average molecular weight is 508 g/mol. The molecular formula is C28H24F3N3O3. The zero-order chi connectivity index (χ0) is 26.2. The van der Waals surface area contributed by atoms with E-state index in [4.69, 9.17) is 4.74 Å². The second kappa shape index (κ2) is 9.65. The molecule has 0 radical (unpaired) electrons. The van der Waals surface area contributed by atoms with Crippen molar-refractivity contribution in [2.24, 2.45) is 0 Å². The Labute approximate surface area is 212 Å². The van der Waals surface area contributed by atoms with Crippen molar-refractivity contribution in [3.63, 3.8) is 0 Å². The molecule has 2 aliphatic heterocycles. The third-order valence-corrected chi connectivity index (χ3v) is 6.58. The normalized spacial score (nSPS) is 17.3. The van der Waals surface area contributed by atoms with Gasteiger partial charge < -0.3 is 14.5 Å². The Hall–Kier alpha value is -4.27. The maximum atomic E-state index is 13.6. The van der Waals surface area contributed by atoms with Crippen LogP contribution < -0.4 is 14.5 Å². The monoisotopic (exact) mass is 507 g/mol. The summed E-state index contributed by atoms with van der Waals surface area (Å²) in [6.07, 6.45) is -2.88. The maximum Gasteiger partial charge on any atom is 0.416 e. The number of hydrogen-bond acceptors (Lipinski definition) is 5. The Morgan fingerprint density at radius 3 is 2.11 bits per heavy atom. The smallest absolute Gasteiger partial charge is 0.416 e. The molecule has 0 saturated carbocycles. The molecule has 2 amide bonds. The number of nitrogens with zero attached hydrogens (tertiary/aromatic N) is 3. The largest absolute Gasteiger partial charge is 0.497 e. The Balaban J connectivity index is 1.43. The number of ether oxygens (including phenoxy) is 1. The number of methoxy groups -OCH3 is 1. The first-order chi connectivity index (χ1) is 17.8. The van der Waals surface area contributed by atoms with Crippen LogP contribution in [0.5, 0.6) is 5.75 Å². The molecule has 0 bridgehead atoms. The van der Waals surface area contributed by atoms with Crippen LogP contribution in [0.3, 0.4) is 0 Å². The van der Waals surface area contributed by atoms with Crippen molar-refractivity contribution in [1.29, 1.82) is 0 Å². The van der Waals surface area contributed by atoms with Crippen LogP contribution >= 0.6 is 0 Å². The molecule has 3 aromatic rings. The first-order valence-corrected chi connectivity index (χ1v) is 11.8. The fourth-order valence-electron chi connectivity index (χ4n) is 4.62. The predicted octanol–water partition coefficient (Wildman–Crippen LogP) is 5.06. The van der Waals surface area contributed by atoms with E-state index < -0.39 is 23.6 Å². The van der Waals surface area contributed by atoms with Crippen LogP contribution in [0.1, 0.15) is 21.5 Å². The molecular weight excluding hydrogens is 483 g/mol. The Kier molecular flexibility index (Phi) is 6.37. The van der Waals surface area contributed by atoms with Gasteiger partial charge in [0.05, 0.1) is 23.9 Å². The van der Waals surface area contributed by atoms with Gasteiger partial charge in [-0.15, -0.1) is 0 Å². The number of hydrogen-bond donors (Lipinski definition) is 0. The van der Waals surface area contributed by atoms with E-state index in [1.807, 2.05) is 29.2 Å². The molecule has 0 atom stereocenters. The van der Waals surface area contributed by atoms with Crippen LogP contribution in [0.2, 0.25) is 0 Å². The van der Waals surface area contributed by atoms with Gasteiger partial charge in [0.1, 0.15) is 5.75 Å². The van der Waals surface area contributed by atoms with Crippen molar-refractivity contribution in [2.75, 3.05) is 43.1 Å². The molecule has 2 aliphatic rings. The molecule has 0 aromatic heterocycles. The van der Waals surface area contributed by atoms with Gasteiger partial charge in [-0.2, -0.15) is 13.2 Å². The summed E-state index contributed by atoms with van der Waals surface area (Å²) >= 11 is 0. The number of piperazine rings is 1. The van der Waals surface area contributed by atoms with E-state index in [1.54, 1.807) is 37.6 Å². The quantitative estimate of drug-likeness (QED) is 0.365. The molecule has 37 heavy (non-hydrogen) atoms. The minimum absolute atomic E-state index is 0.116. The fourth-order valence-corrected chi connectivity index (χ4v) is 4.62. The van der Waals surface area contributed by atoms with Crippen LogP contribution in [0.25, 0.3) is 5.57 Å². The van der Waals surface area contributed by atoms with Crippen molar-refractivity contribution in [3.8, 4) is 5.75 Å². The lowest BCUT2D eigenvalue weighted by molar-refractivity contribution is -0.137. The number of amides is 2. The average Bonchev–Trinajstić information content (AvgIpc) is 2.91. The third-order valence-electron chi connectivity index (χ3n) is 6.58. The van der Waals surface area contributed by atoms with E-state index in [0.717, 1.165) is 28.5 Å². The van der Waals surface area contributed by atoms with Crippen molar-refractivity contribution >= 4 is 28.8 Å². The van der Waals surface area contributed by atoms with Gasteiger partial charge in [0.25, 0.3) is 11.8 Å². The summed E-state index contributed by atoms with van der Waals surface area (Å²) in [5.41, 5.74) is 1.03. The van der Waals surface area contributed by atoms with Gasteiger partial charge in [0.2, 0.25) is 0 Å². The van der Waals surface area contributed by atoms with Crippen molar-refractivity contribution in [1.82, 2.24) is 4.90 Å². The van der Waals surface area contributed by atoms with Crippen LogP contribution in [-0.2, 0) is 11.0 Å². The minimum Gasteiger partial charge on any atom is -0.497 e. The highest BCUT2D eigenvalue weighted by atomic mass is 19.4. The van der Waals surface area contributed by atoms with Crippen LogP contribution in [0.4, 0.5) is 24.5 Å². The topological polar surface area (TPSA) is 53.1 Å². The van der Waals surface area contributed by atoms with E-state index >= 15 is 0 Å². The summed E-state index contributed by atoms with van der Waals surface area (Å²) in [4.78, 5) is 31.9. The first-order valence-electron chi connectivity index (χ1n) is 11.8. The summed E-state index contributed by atoms with van der Waals surface area (Å²) in [5, 5.41) is 0. The summed E-state index contributed by atoms with van der Waals surface area (Å²) in [6, 6.07) is 18.7. The van der Waals surface area contributed by atoms with Crippen LogP contribution in [-0.4, -0.2) is 50.0 Å². The molecule has 0 unspecified atom stereocenters. The van der Waals surface area contributed by atoms with Gasteiger partial charge in [0, 0.05) is 49.2 Å². The number of rotatable bonds is 4. The summed E-state index contributed by atoms with van der Waals surface area (Å²) in [7, 11) is 1.62. The zero-order valence-corrected chi connectivity index (χ0v) is 20.0. The minimum atomic E-state index is -4.60. The van der Waals surface area contributed by atoms with Crippen molar-refractivity contribution < 1.29 is 27.5 Å². The fraction of sp³-hybridized carbons (Fsp3) is 0.214. The van der Waals surface area contributed by atoms with Gasteiger partial charge in [0.15, 0.2) is 0 Å². The Bertz CT molecular complexity index is 1360. The lowest BCUT2D eigenvalue weighted by Gasteiger charge is -2.37. The molecule has 2 heterocycles. The van der Waals surface area contributed by atoms with Gasteiger partial charge in [-0.05, 0) is 48.5 Å². The number of carbonyl (C=O) groups excluding carboxylic acids is 2. The van der Waals surface area contributed by atoms with Gasteiger partial charge in [-0.25, -0.2) is 4.90 Å². The summed E-state index contributed by atoms with van der Waals surface area (Å²) in [5.74, 6) is -0.525. The van der Waals surface area contributed by atoms with E-state index in [2.05, 4.69) is 4.90 Å². The highest BCUT2D eigenvalue weighted by Crippen LogP contribution is 2.36. The highest BCUT2D eigenvalue weighted by Gasteiger charge is 2.38. The first kappa shape index (κ1) is 24.4. The van der Waals surface area contributed by atoms with Crippen molar-refractivity contribution in [2.45, 2.75) is 6.18 Å². The number of alkyl halides is 3. The Morgan fingerprint density at radius 2 is 1.46 bits per heavy atom. The van der Waals surface area contributed by atoms with E-state index in [9.17, 15) is 22.8 Å². The SMILES string of the molecule is COc1ccc(N2CCN(C=C3C(=O)N(c4cccc(C(F)(F)F)c4)C(=O)c4ccccc43)CC2)cc1. The van der Waals surface area contributed by atoms with Gasteiger partial charge in [-0.1, -0.05) is 24.3 Å². The van der Waals surface area contributed by atoms with Crippen LogP contribution in [0.15, 0.2) is 79.0 Å². The second-order valence-corrected chi connectivity index (χ2v) is 8.80. The molecule has 3 aromatic carbocycles. The van der Waals surface area contributed by atoms with Crippen molar-refractivity contribution in [3.05, 3.63) is 95.7 Å². The Morgan fingerprint density at radius 1 is 0.784 bits per heavy atom. The second-order valence-electron chi connectivity index (χ2n) is 8.80. The molecule has 0 spiro atoms. The molecule has 1 fully saturated rings. The number of anilines is 2. The van der Waals surface area contributed by atoms with E-state index in [-0.39, 0.29) is 16.8 Å². The highest BCUT2D eigenvalue weighted by molar-refractivity contribution is 6.41. The summed E-state index contributed by atoms with van der Waals surface area (Å²) < 4.78 is 45.2. The number of imide groups is 1. The molecule has 9 heteroatoms. The van der Waals surface area contributed by atoms with E-state index in [1.165, 1.54) is 12.1 Å². The third kappa shape index (κ3) is 4.76. The standard InChI is InChI=1S/C28H24F3N3O3/c1-37-22-11-9-20(10-12-22)33-15-13-32(14-16-33)18-25-23-7-2-3-8-24(23)26(35)34(27(25)36)21-6-4-5-19(17-21)28(29,30)31/h2-12,17-18H,13-16H2,1H3.